The molecular formula is C12H17F2NO3. The first-order valence-electron chi connectivity index (χ1n) is 6.32. The van der Waals surface area contributed by atoms with Crippen molar-refractivity contribution in [3.8, 4) is 0 Å². The standard InChI is InChI=1S/C12H17F2NO3/c13-9(14)5-8(12(17)18)15-11(16)10-6-3-1-2-4-7(6)10/h6-10H,1-5H2,(H,15,16)(H,17,18). The number of alkyl halides is 2. The van der Waals surface area contributed by atoms with Gasteiger partial charge in [-0.05, 0) is 24.7 Å². The molecule has 0 bridgehead atoms. The minimum Gasteiger partial charge on any atom is -0.480 e. The van der Waals surface area contributed by atoms with E-state index in [1.165, 1.54) is 0 Å². The number of aliphatic carboxylic acids is 1. The summed E-state index contributed by atoms with van der Waals surface area (Å²) in [6.45, 7) is 0. The molecule has 2 N–H and O–H groups in total. The number of carboxylic acids is 1. The predicted molar refractivity (Wildman–Crippen MR) is 59.1 cm³/mol. The van der Waals surface area contributed by atoms with Gasteiger partial charge in [0.2, 0.25) is 12.3 Å². The molecule has 3 unspecified atom stereocenters. The number of fused-ring (bicyclic) bond motifs is 1. The van der Waals surface area contributed by atoms with Crippen LogP contribution >= 0.6 is 0 Å². The molecule has 0 saturated heterocycles. The maximum absolute atomic E-state index is 12.2. The van der Waals surface area contributed by atoms with E-state index in [9.17, 15) is 18.4 Å². The number of carbonyl (C=O) groups is 2. The summed E-state index contributed by atoms with van der Waals surface area (Å²) in [6, 6.07) is -1.47. The Labute approximate surface area is 104 Å². The zero-order valence-electron chi connectivity index (χ0n) is 9.94. The van der Waals surface area contributed by atoms with Gasteiger partial charge in [0.25, 0.3) is 0 Å². The fourth-order valence-electron chi connectivity index (χ4n) is 3.05. The summed E-state index contributed by atoms with van der Waals surface area (Å²) in [6.07, 6.45) is 0.635. The number of carboxylic acid groups (broad SMARTS) is 1. The number of amides is 1. The van der Waals surface area contributed by atoms with Crippen LogP contribution in [0.1, 0.15) is 32.1 Å². The molecule has 2 saturated carbocycles. The summed E-state index contributed by atoms with van der Waals surface area (Å²) >= 11 is 0. The molecule has 18 heavy (non-hydrogen) atoms. The number of hydrogen-bond acceptors (Lipinski definition) is 2. The first kappa shape index (κ1) is 13.2. The van der Waals surface area contributed by atoms with Crippen LogP contribution in [0, 0.1) is 17.8 Å². The lowest BCUT2D eigenvalue weighted by atomic mass is 10.0. The molecule has 4 nitrogen and oxygen atoms in total. The average molecular weight is 261 g/mol. The van der Waals surface area contributed by atoms with Gasteiger partial charge >= 0.3 is 5.97 Å². The Bertz CT molecular complexity index is 336. The smallest absolute Gasteiger partial charge is 0.326 e. The lowest BCUT2D eigenvalue weighted by Gasteiger charge is -2.13. The third-order valence-electron chi connectivity index (χ3n) is 3.99. The highest BCUT2D eigenvalue weighted by Gasteiger charge is 2.55. The van der Waals surface area contributed by atoms with Crippen LogP contribution in [0.3, 0.4) is 0 Å². The highest BCUT2D eigenvalue weighted by Crippen LogP contribution is 2.55. The zero-order chi connectivity index (χ0) is 13.3. The maximum atomic E-state index is 12.2. The van der Waals surface area contributed by atoms with Crippen molar-refractivity contribution in [2.24, 2.45) is 17.8 Å². The normalized spacial score (nSPS) is 31.6. The molecule has 0 aromatic heterocycles. The number of rotatable bonds is 5. The number of carbonyl (C=O) groups excluding carboxylic acids is 1. The zero-order valence-corrected chi connectivity index (χ0v) is 9.94. The van der Waals surface area contributed by atoms with Crippen LogP contribution in [-0.4, -0.2) is 29.5 Å². The third kappa shape index (κ3) is 2.79. The largest absolute Gasteiger partial charge is 0.480 e. The third-order valence-corrected chi connectivity index (χ3v) is 3.99. The quantitative estimate of drug-likeness (QED) is 0.790. The van der Waals surface area contributed by atoms with Crippen LogP contribution in [0.5, 0.6) is 0 Å². The second-order valence-corrected chi connectivity index (χ2v) is 5.16. The average Bonchev–Trinajstić information content (AvgIpc) is 3.01. The summed E-state index contributed by atoms with van der Waals surface area (Å²) in [5.41, 5.74) is 0. The van der Waals surface area contributed by atoms with Gasteiger partial charge in [-0.25, -0.2) is 13.6 Å². The molecule has 0 aromatic rings. The first-order valence-corrected chi connectivity index (χ1v) is 6.32. The van der Waals surface area contributed by atoms with E-state index in [0.29, 0.717) is 11.8 Å². The van der Waals surface area contributed by atoms with Gasteiger partial charge in [-0.2, -0.15) is 0 Å². The number of hydrogen-bond donors (Lipinski definition) is 2. The molecule has 2 rings (SSSR count). The van der Waals surface area contributed by atoms with Gasteiger partial charge in [-0.1, -0.05) is 12.8 Å². The lowest BCUT2D eigenvalue weighted by Crippen LogP contribution is -2.43. The van der Waals surface area contributed by atoms with Crippen LogP contribution in [0.25, 0.3) is 0 Å². The monoisotopic (exact) mass is 261 g/mol. The Morgan fingerprint density at radius 3 is 2.22 bits per heavy atom. The molecule has 2 aliphatic carbocycles. The Morgan fingerprint density at radius 2 is 1.78 bits per heavy atom. The van der Waals surface area contributed by atoms with Gasteiger partial charge in [-0.3, -0.25) is 4.79 Å². The van der Waals surface area contributed by atoms with Crippen molar-refractivity contribution in [2.75, 3.05) is 0 Å². The summed E-state index contributed by atoms with van der Waals surface area (Å²) < 4.78 is 24.4. The molecular weight excluding hydrogens is 244 g/mol. The van der Waals surface area contributed by atoms with E-state index in [-0.39, 0.29) is 11.8 Å². The van der Waals surface area contributed by atoms with Gasteiger partial charge in [0.15, 0.2) is 0 Å². The second-order valence-electron chi connectivity index (χ2n) is 5.16. The van der Waals surface area contributed by atoms with Crippen LogP contribution < -0.4 is 5.32 Å². The van der Waals surface area contributed by atoms with Crippen LogP contribution in [-0.2, 0) is 9.59 Å². The summed E-state index contributed by atoms with van der Waals surface area (Å²) in [5, 5.41) is 11.0. The SMILES string of the molecule is O=C(O)C(CC(F)F)NC(=O)C1C2CCCCC21. The highest BCUT2D eigenvalue weighted by atomic mass is 19.3. The number of halogens is 2. The van der Waals surface area contributed by atoms with Crippen molar-refractivity contribution in [1.29, 1.82) is 0 Å². The van der Waals surface area contributed by atoms with Crippen LogP contribution in [0.2, 0.25) is 0 Å². The van der Waals surface area contributed by atoms with Gasteiger partial charge in [0, 0.05) is 12.3 Å². The van der Waals surface area contributed by atoms with E-state index < -0.39 is 24.9 Å². The maximum Gasteiger partial charge on any atom is 0.326 e. The molecule has 2 fully saturated rings. The Hall–Kier alpha value is -1.20. The van der Waals surface area contributed by atoms with E-state index in [4.69, 9.17) is 5.11 Å². The van der Waals surface area contributed by atoms with Crippen molar-refractivity contribution >= 4 is 11.9 Å². The number of nitrogens with one attached hydrogen (secondary N) is 1. The van der Waals surface area contributed by atoms with E-state index >= 15 is 0 Å². The molecule has 102 valence electrons. The first-order chi connectivity index (χ1) is 8.50. The fourth-order valence-corrected chi connectivity index (χ4v) is 3.05. The van der Waals surface area contributed by atoms with Crippen LogP contribution in [0.4, 0.5) is 8.78 Å². The Morgan fingerprint density at radius 1 is 1.22 bits per heavy atom. The van der Waals surface area contributed by atoms with E-state index in [0.717, 1.165) is 25.7 Å². The van der Waals surface area contributed by atoms with Gasteiger partial charge in [-0.15, -0.1) is 0 Å². The lowest BCUT2D eigenvalue weighted by molar-refractivity contribution is -0.143. The molecule has 0 radical (unpaired) electrons. The second kappa shape index (κ2) is 5.20. The van der Waals surface area contributed by atoms with Gasteiger partial charge < -0.3 is 10.4 Å². The summed E-state index contributed by atoms with van der Waals surface area (Å²) in [7, 11) is 0. The molecule has 2 aliphatic rings. The predicted octanol–water partition coefficient (Wildman–Crippen LogP) is 1.65. The van der Waals surface area contributed by atoms with Crippen molar-refractivity contribution in [3.05, 3.63) is 0 Å². The minimum atomic E-state index is -2.73. The molecule has 0 heterocycles. The molecule has 6 heteroatoms. The summed E-state index contributed by atoms with van der Waals surface area (Å²) in [5.74, 6) is -1.21. The van der Waals surface area contributed by atoms with Crippen molar-refractivity contribution in [2.45, 2.75) is 44.6 Å². The Kier molecular flexibility index (Phi) is 3.82. The summed E-state index contributed by atoms with van der Waals surface area (Å²) in [4.78, 5) is 22.6. The molecule has 0 aliphatic heterocycles. The van der Waals surface area contributed by atoms with Gasteiger partial charge in [0.05, 0.1) is 0 Å². The van der Waals surface area contributed by atoms with Crippen molar-refractivity contribution < 1.29 is 23.5 Å². The fraction of sp³-hybridized carbons (Fsp3) is 0.833. The molecule has 0 aromatic carbocycles. The van der Waals surface area contributed by atoms with Crippen LogP contribution in [0.15, 0.2) is 0 Å². The van der Waals surface area contributed by atoms with E-state index in [1.54, 1.807) is 0 Å². The van der Waals surface area contributed by atoms with E-state index in [1.807, 2.05) is 0 Å². The topological polar surface area (TPSA) is 66.4 Å². The molecule has 0 spiro atoms. The molecule has 1 amide bonds. The molecule has 3 atom stereocenters. The Balaban J connectivity index is 1.87. The van der Waals surface area contributed by atoms with Crippen molar-refractivity contribution in [3.63, 3.8) is 0 Å². The van der Waals surface area contributed by atoms with Gasteiger partial charge in [0.1, 0.15) is 6.04 Å². The van der Waals surface area contributed by atoms with Crippen molar-refractivity contribution in [1.82, 2.24) is 5.32 Å². The van der Waals surface area contributed by atoms with E-state index in [2.05, 4.69) is 5.32 Å². The highest BCUT2D eigenvalue weighted by molar-refractivity contribution is 5.87. The minimum absolute atomic E-state index is 0.146.